The number of aryl methyl sites for hydroxylation is 1. The minimum Gasteiger partial charge on any atom is -0.358 e. The number of benzene rings is 1. The third-order valence-electron chi connectivity index (χ3n) is 2.83. The van der Waals surface area contributed by atoms with E-state index in [0.717, 1.165) is 5.56 Å². The number of hydrazine groups is 1. The normalized spacial score (nSPS) is 10.3. The van der Waals surface area contributed by atoms with Crippen LogP contribution < -0.4 is 11.3 Å². The molecule has 3 N–H and O–H groups in total. The van der Waals surface area contributed by atoms with E-state index in [1.165, 1.54) is 10.7 Å². The fourth-order valence-electron chi connectivity index (χ4n) is 1.76. The molecule has 0 unspecified atom stereocenters. The van der Waals surface area contributed by atoms with Crippen molar-refractivity contribution >= 4 is 11.7 Å². The van der Waals surface area contributed by atoms with E-state index >= 15 is 0 Å². The van der Waals surface area contributed by atoms with Crippen molar-refractivity contribution in [2.24, 2.45) is 5.84 Å². The molecule has 0 saturated carbocycles. The van der Waals surface area contributed by atoms with Gasteiger partial charge in [0.1, 0.15) is 0 Å². The summed E-state index contributed by atoms with van der Waals surface area (Å²) >= 11 is 0. The van der Waals surface area contributed by atoms with Crippen LogP contribution in [0, 0.1) is 17.0 Å². The number of nitrogen functional groups attached to an aromatic ring is 1. The maximum atomic E-state index is 11.3. The van der Waals surface area contributed by atoms with Crippen LogP contribution in [0.1, 0.15) is 21.6 Å². The summed E-state index contributed by atoms with van der Waals surface area (Å²) in [5.41, 5.74) is 4.06. The van der Waals surface area contributed by atoms with Crippen LogP contribution in [0.4, 0.5) is 5.82 Å². The van der Waals surface area contributed by atoms with Gasteiger partial charge in [0.15, 0.2) is 0 Å². The largest absolute Gasteiger partial charge is 0.390 e. The Labute approximate surface area is 114 Å². The molecule has 0 aliphatic rings. The predicted octanol–water partition coefficient (Wildman–Crippen LogP) is 0.752. The summed E-state index contributed by atoms with van der Waals surface area (Å²) in [6, 6.07) is 8.17. The quantitative estimate of drug-likeness (QED) is 0.369. The van der Waals surface area contributed by atoms with Gasteiger partial charge in [-0.3, -0.25) is 10.2 Å². The summed E-state index contributed by atoms with van der Waals surface area (Å²) in [5, 5.41) is 14.5. The Kier molecular flexibility index (Phi) is 3.76. The predicted molar refractivity (Wildman–Crippen MR) is 70.8 cm³/mol. The van der Waals surface area contributed by atoms with Crippen LogP contribution in [0.25, 0.3) is 0 Å². The van der Waals surface area contributed by atoms with Crippen LogP contribution >= 0.6 is 0 Å². The first-order chi connectivity index (χ1) is 9.51. The van der Waals surface area contributed by atoms with Gasteiger partial charge in [-0.15, -0.1) is 0 Å². The Bertz CT molecular complexity index is 648. The van der Waals surface area contributed by atoms with Crippen LogP contribution in [-0.2, 0) is 6.54 Å². The molecule has 8 heteroatoms. The van der Waals surface area contributed by atoms with Crippen LogP contribution in [0.3, 0.4) is 0 Å². The molecule has 1 amide bonds. The Morgan fingerprint density at radius 3 is 2.60 bits per heavy atom. The third-order valence-corrected chi connectivity index (χ3v) is 2.83. The van der Waals surface area contributed by atoms with E-state index in [0.29, 0.717) is 17.8 Å². The summed E-state index contributed by atoms with van der Waals surface area (Å²) < 4.78 is 1.54. The monoisotopic (exact) mass is 275 g/mol. The molecule has 1 heterocycles. The second-order valence-electron chi connectivity index (χ2n) is 4.23. The minimum atomic E-state index is -0.530. The zero-order chi connectivity index (χ0) is 14.7. The van der Waals surface area contributed by atoms with Crippen molar-refractivity contribution < 1.29 is 9.72 Å². The molecule has 0 spiro atoms. The zero-order valence-corrected chi connectivity index (χ0v) is 10.7. The number of carbonyl (C=O) groups excluding carboxylic acids is 1. The van der Waals surface area contributed by atoms with Gasteiger partial charge in [0.2, 0.25) is 0 Å². The van der Waals surface area contributed by atoms with Crippen molar-refractivity contribution in [3.63, 3.8) is 0 Å². The van der Waals surface area contributed by atoms with Gasteiger partial charge < -0.3 is 10.1 Å². The molecule has 0 aliphatic carbocycles. The van der Waals surface area contributed by atoms with Gasteiger partial charge >= 0.3 is 5.82 Å². The molecule has 1 aromatic carbocycles. The standard InChI is InChI=1S/C12H13N5O3/c1-8-6-11(17(19)20)15-16(8)7-9-2-4-10(5-3-9)12(18)14-13/h2-6H,7,13H2,1H3,(H,14,18). The molecule has 0 radical (unpaired) electrons. The second-order valence-corrected chi connectivity index (χ2v) is 4.23. The van der Waals surface area contributed by atoms with Gasteiger partial charge in [0.25, 0.3) is 5.91 Å². The molecular weight excluding hydrogens is 262 g/mol. The molecule has 1 aromatic heterocycles. The maximum Gasteiger partial charge on any atom is 0.390 e. The van der Waals surface area contributed by atoms with Gasteiger partial charge in [-0.05, 0) is 29.5 Å². The summed E-state index contributed by atoms with van der Waals surface area (Å²) in [5.74, 6) is 4.49. The number of aromatic nitrogens is 2. The van der Waals surface area contributed by atoms with Gasteiger partial charge in [-0.1, -0.05) is 12.1 Å². The Morgan fingerprint density at radius 2 is 2.10 bits per heavy atom. The fraction of sp³-hybridized carbons (Fsp3) is 0.167. The molecule has 0 aliphatic heterocycles. The first-order valence-corrected chi connectivity index (χ1v) is 5.80. The Hall–Kier alpha value is -2.74. The van der Waals surface area contributed by atoms with E-state index in [1.54, 1.807) is 31.2 Å². The number of carbonyl (C=O) groups is 1. The molecule has 0 atom stereocenters. The third kappa shape index (κ3) is 2.81. The van der Waals surface area contributed by atoms with Crippen LogP contribution in [0.5, 0.6) is 0 Å². The highest BCUT2D eigenvalue weighted by Crippen LogP contribution is 2.13. The number of nitro groups is 1. The van der Waals surface area contributed by atoms with E-state index in [4.69, 9.17) is 5.84 Å². The lowest BCUT2D eigenvalue weighted by atomic mass is 10.1. The van der Waals surface area contributed by atoms with E-state index in [1.807, 2.05) is 5.43 Å². The average molecular weight is 275 g/mol. The van der Waals surface area contributed by atoms with Crippen molar-refractivity contribution in [3.8, 4) is 0 Å². The van der Waals surface area contributed by atoms with Crippen molar-refractivity contribution in [2.45, 2.75) is 13.5 Å². The van der Waals surface area contributed by atoms with Crippen LogP contribution in [0.2, 0.25) is 0 Å². The first kappa shape index (κ1) is 13.7. The number of nitrogens with zero attached hydrogens (tertiary/aromatic N) is 3. The van der Waals surface area contributed by atoms with E-state index < -0.39 is 4.92 Å². The number of nitrogens with one attached hydrogen (secondary N) is 1. The number of amides is 1. The van der Waals surface area contributed by atoms with E-state index in [9.17, 15) is 14.9 Å². The van der Waals surface area contributed by atoms with Crippen LogP contribution in [0.15, 0.2) is 30.3 Å². The summed E-state index contributed by atoms with van der Waals surface area (Å²) in [6.45, 7) is 2.14. The molecule has 0 saturated heterocycles. The lowest BCUT2D eigenvalue weighted by Crippen LogP contribution is -2.29. The lowest BCUT2D eigenvalue weighted by Gasteiger charge is -2.03. The molecule has 0 fully saturated rings. The zero-order valence-electron chi connectivity index (χ0n) is 10.7. The average Bonchev–Trinajstić information content (AvgIpc) is 2.80. The van der Waals surface area contributed by atoms with Gasteiger partial charge in [-0.25, -0.2) is 5.84 Å². The highest BCUT2D eigenvalue weighted by molar-refractivity contribution is 5.93. The number of nitrogens with two attached hydrogens (primary N) is 1. The number of hydrogen-bond acceptors (Lipinski definition) is 5. The Balaban J connectivity index is 2.18. The molecule has 104 valence electrons. The fourth-order valence-corrected chi connectivity index (χ4v) is 1.76. The second kappa shape index (κ2) is 5.49. The molecule has 0 bridgehead atoms. The van der Waals surface area contributed by atoms with Crippen LogP contribution in [-0.4, -0.2) is 20.6 Å². The highest BCUT2D eigenvalue weighted by atomic mass is 16.6. The SMILES string of the molecule is Cc1cc([N+](=O)[O-])nn1Cc1ccc(C(=O)NN)cc1. The Morgan fingerprint density at radius 1 is 1.45 bits per heavy atom. The summed E-state index contributed by atoms with van der Waals surface area (Å²) in [4.78, 5) is 21.4. The van der Waals surface area contributed by atoms with E-state index in [2.05, 4.69) is 5.10 Å². The minimum absolute atomic E-state index is 0.179. The van der Waals surface area contributed by atoms with Gasteiger partial charge in [-0.2, -0.15) is 4.68 Å². The van der Waals surface area contributed by atoms with Crippen molar-refractivity contribution in [2.75, 3.05) is 0 Å². The summed E-state index contributed by atoms with van der Waals surface area (Å²) in [6.07, 6.45) is 0. The van der Waals surface area contributed by atoms with Gasteiger partial charge in [0, 0.05) is 5.56 Å². The van der Waals surface area contributed by atoms with E-state index in [-0.39, 0.29) is 11.7 Å². The molecule has 20 heavy (non-hydrogen) atoms. The smallest absolute Gasteiger partial charge is 0.358 e. The summed E-state index contributed by atoms with van der Waals surface area (Å²) in [7, 11) is 0. The molecule has 2 aromatic rings. The lowest BCUT2D eigenvalue weighted by molar-refractivity contribution is -0.389. The van der Waals surface area contributed by atoms with Crippen molar-refractivity contribution in [3.05, 3.63) is 57.3 Å². The number of rotatable bonds is 4. The first-order valence-electron chi connectivity index (χ1n) is 5.80. The van der Waals surface area contributed by atoms with Crippen molar-refractivity contribution in [1.29, 1.82) is 0 Å². The van der Waals surface area contributed by atoms with Crippen molar-refractivity contribution in [1.82, 2.24) is 15.2 Å². The molecule has 8 nitrogen and oxygen atoms in total. The topological polar surface area (TPSA) is 116 Å². The molecule has 2 rings (SSSR count). The highest BCUT2D eigenvalue weighted by Gasteiger charge is 2.15. The maximum absolute atomic E-state index is 11.3. The molecular formula is C12H13N5O3. The number of hydrogen-bond donors (Lipinski definition) is 2. The van der Waals surface area contributed by atoms with Gasteiger partial charge in [0.05, 0.1) is 23.4 Å².